The monoisotopic (exact) mass is 545 g/mol. The fraction of sp³-hybridized carbons (Fsp3) is 0.0714. The Balaban J connectivity index is 1.39. The van der Waals surface area contributed by atoms with Crippen molar-refractivity contribution >= 4 is 29.1 Å². The Morgan fingerprint density at radius 2 is 1.79 bits per heavy atom. The molecule has 2 aromatic carbocycles. The van der Waals surface area contributed by atoms with Crippen molar-refractivity contribution in [3.05, 3.63) is 130 Å². The van der Waals surface area contributed by atoms with E-state index in [4.69, 9.17) is 20.8 Å². The maximum Gasteiger partial charge on any atom is 0.287 e. The minimum atomic E-state index is -0.695. The van der Waals surface area contributed by atoms with Crippen LogP contribution in [0, 0.1) is 5.95 Å². The summed E-state index contributed by atoms with van der Waals surface area (Å²) >= 11 is 6.02. The van der Waals surface area contributed by atoms with Gasteiger partial charge in [0.25, 0.3) is 11.5 Å². The molecular formula is C28H21ClFN5O4. The first kappa shape index (κ1) is 25.7. The lowest BCUT2D eigenvalue weighted by Gasteiger charge is -2.16. The molecule has 2 N–H and O–H groups in total. The molecule has 0 radical (unpaired) electrons. The lowest BCUT2D eigenvalue weighted by atomic mass is 10.2. The number of benzene rings is 2. The summed E-state index contributed by atoms with van der Waals surface area (Å²) in [5.74, 6) is 0.111. The summed E-state index contributed by atoms with van der Waals surface area (Å²) in [4.78, 5) is 33.5. The number of hydrogen-bond acceptors (Lipinski definition) is 7. The highest BCUT2D eigenvalue weighted by atomic mass is 35.5. The number of carbonyl (C=O) groups is 1. The van der Waals surface area contributed by atoms with E-state index in [0.29, 0.717) is 28.8 Å². The number of ether oxygens (including phenoxy) is 1. The van der Waals surface area contributed by atoms with Gasteiger partial charge in [0.15, 0.2) is 0 Å². The largest absolute Gasteiger partial charge is 0.467 e. The Morgan fingerprint density at radius 1 is 1.00 bits per heavy atom. The molecule has 3 heterocycles. The number of nitrogens with one attached hydrogen (secondary N) is 2. The van der Waals surface area contributed by atoms with Crippen molar-refractivity contribution in [1.82, 2.24) is 19.9 Å². The minimum Gasteiger partial charge on any atom is -0.467 e. The van der Waals surface area contributed by atoms with Gasteiger partial charge in [0, 0.05) is 23.0 Å². The van der Waals surface area contributed by atoms with Gasteiger partial charge in [-0.25, -0.2) is 0 Å². The first-order valence-electron chi connectivity index (χ1n) is 11.8. The van der Waals surface area contributed by atoms with Crippen LogP contribution in [0.4, 0.5) is 16.0 Å². The second-order valence-corrected chi connectivity index (χ2v) is 8.79. The van der Waals surface area contributed by atoms with Gasteiger partial charge in [0.05, 0.1) is 19.4 Å². The molecule has 9 nitrogen and oxygen atoms in total. The van der Waals surface area contributed by atoms with E-state index in [0.717, 1.165) is 5.56 Å². The predicted molar refractivity (Wildman–Crippen MR) is 143 cm³/mol. The van der Waals surface area contributed by atoms with Crippen molar-refractivity contribution < 1.29 is 18.3 Å². The topological polar surface area (TPSA) is 111 Å². The SMILES string of the molecule is O=C(NCc1ccco1)c1cn(Cc2ccc(Cl)cc2)c(Nc2ccc(Oc3cccc(F)n3)cc2)nc1=O. The molecule has 0 aliphatic carbocycles. The lowest BCUT2D eigenvalue weighted by Crippen LogP contribution is -2.31. The van der Waals surface area contributed by atoms with E-state index in [-0.39, 0.29) is 23.9 Å². The molecule has 0 aliphatic heterocycles. The number of pyridine rings is 1. The van der Waals surface area contributed by atoms with Gasteiger partial charge < -0.3 is 24.4 Å². The molecule has 0 saturated heterocycles. The molecule has 1 amide bonds. The van der Waals surface area contributed by atoms with Crippen molar-refractivity contribution in [3.8, 4) is 11.6 Å². The average Bonchev–Trinajstić information content (AvgIpc) is 3.45. The Hall–Kier alpha value is -4.96. The van der Waals surface area contributed by atoms with E-state index < -0.39 is 17.4 Å². The molecule has 5 rings (SSSR count). The summed E-state index contributed by atoms with van der Waals surface area (Å²) in [6.45, 7) is 0.430. The number of halogens is 2. The molecule has 0 atom stereocenters. The molecule has 11 heteroatoms. The van der Waals surface area contributed by atoms with Crippen LogP contribution in [0.1, 0.15) is 21.7 Å². The van der Waals surface area contributed by atoms with E-state index in [1.54, 1.807) is 59.2 Å². The van der Waals surface area contributed by atoms with Crippen molar-refractivity contribution in [1.29, 1.82) is 0 Å². The van der Waals surface area contributed by atoms with Crippen molar-refractivity contribution in [2.75, 3.05) is 5.32 Å². The van der Waals surface area contributed by atoms with Gasteiger partial charge in [0.1, 0.15) is 17.1 Å². The van der Waals surface area contributed by atoms with Crippen LogP contribution >= 0.6 is 11.6 Å². The highest BCUT2D eigenvalue weighted by Gasteiger charge is 2.16. The summed E-state index contributed by atoms with van der Waals surface area (Å²) in [5.41, 5.74) is 0.661. The number of amides is 1. The normalized spacial score (nSPS) is 10.7. The van der Waals surface area contributed by atoms with Gasteiger partial charge in [-0.3, -0.25) is 9.59 Å². The fourth-order valence-corrected chi connectivity index (χ4v) is 3.76. The number of anilines is 2. The quantitative estimate of drug-likeness (QED) is 0.234. The maximum atomic E-state index is 13.3. The van der Waals surface area contributed by atoms with E-state index in [1.807, 2.05) is 12.1 Å². The Morgan fingerprint density at radius 3 is 2.51 bits per heavy atom. The van der Waals surface area contributed by atoms with Crippen LogP contribution in [0.25, 0.3) is 0 Å². The van der Waals surface area contributed by atoms with Crippen LogP contribution in [0.2, 0.25) is 5.02 Å². The van der Waals surface area contributed by atoms with Gasteiger partial charge in [-0.05, 0) is 60.2 Å². The zero-order chi connectivity index (χ0) is 27.2. The summed E-state index contributed by atoms with van der Waals surface area (Å²) in [7, 11) is 0. The third-order valence-corrected chi connectivity index (χ3v) is 5.78. The van der Waals surface area contributed by atoms with E-state index in [2.05, 4.69) is 20.6 Å². The highest BCUT2D eigenvalue weighted by Crippen LogP contribution is 2.23. The second-order valence-electron chi connectivity index (χ2n) is 8.35. The maximum absolute atomic E-state index is 13.3. The molecule has 0 fully saturated rings. The van der Waals surface area contributed by atoms with Gasteiger partial charge in [-0.2, -0.15) is 14.4 Å². The smallest absolute Gasteiger partial charge is 0.287 e. The lowest BCUT2D eigenvalue weighted by molar-refractivity contribution is 0.0945. The second kappa shape index (κ2) is 11.6. The van der Waals surface area contributed by atoms with Gasteiger partial charge in [-0.1, -0.05) is 29.8 Å². The Bertz CT molecular complexity index is 1640. The molecule has 0 saturated carbocycles. The van der Waals surface area contributed by atoms with Gasteiger partial charge in [0.2, 0.25) is 17.8 Å². The molecule has 196 valence electrons. The van der Waals surface area contributed by atoms with Crippen molar-refractivity contribution in [2.45, 2.75) is 13.1 Å². The Kier molecular flexibility index (Phi) is 7.65. The third-order valence-electron chi connectivity index (χ3n) is 5.53. The molecule has 0 bridgehead atoms. The molecule has 0 unspecified atom stereocenters. The van der Waals surface area contributed by atoms with Crippen LogP contribution in [-0.4, -0.2) is 20.4 Å². The third kappa shape index (κ3) is 6.68. The zero-order valence-corrected chi connectivity index (χ0v) is 21.1. The molecule has 3 aromatic heterocycles. The number of nitrogens with zero attached hydrogens (tertiary/aromatic N) is 3. The summed E-state index contributed by atoms with van der Waals surface area (Å²) in [5, 5.41) is 6.37. The standard InChI is InChI=1S/C28H21ClFN5O4/c29-19-8-6-18(7-9-19)16-35-17-23(26(36)31-15-22-3-2-14-38-22)27(37)34-28(35)32-20-10-12-21(13-11-20)39-25-5-1-4-24(30)33-25/h1-14,17H,15-16H2,(H,31,36)(H,32,34,37). The molecule has 39 heavy (non-hydrogen) atoms. The van der Waals surface area contributed by atoms with Crippen molar-refractivity contribution in [2.24, 2.45) is 0 Å². The van der Waals surface area contributed by atoms with Gasteiger partial charge in [-0.15, -0.1) is 0 Å². The van der Waals surface area contributed by atoms with E-state index in [9.17, 15) is 14.0 Å². The van der Waals surface area contributed by atoms with E-state index in [1.165, 1.54) is 24.6 Å². The molecule has 0 aliphatic rings. The minimum absolute atomic E-state index is 0.118. The first-order chi connectivity index (χ1) is 18.9. The van der Waals surface area contributed by atoms with Crippen LogP contribution in [0.5, 0.6) is 11.6 Å². The number of hydrogen-bond donors (Lipinski definition) is 2. The summed E-state index contributed by atoms with van der Waals surface area (Å²) < 4.78 is 25.8. The number of rotatable bonds is 9. The highest BCUT2D eigenvalue weighted by molar-refractivity contribution is 6.30. The van der Waals surface area contributed by atoms with Crippen molar-refractivity contribution in [3.63, 3.8) is 0 Å². The van der Waals surface area contributed by atoms with Crippen LogP contribution in [-0.2, 0) is 13.1 Å². The molecular weight excluding hydrogens is 525 g/mol. The average molecular weight is 546 g/mol. The zero-order valence-electron chi connectivity index (χ0n) is 20.3. The van der Waals surface area contributed by atoms with Gasteiger partial charge >= 0.3 is 0 Å². The van der Waals surface area contributed by atoms with E-state index >= 15 is 0 Å². The summed E-state index contributed by atoms with van der Waals surface area (Å²) in [6, 6.07) is 21.6. The number of carbonyl (C=O) groups excluding carboxylic acids is 1. The number of aromatic nitrogens is 3. The summed E-state index contributed by atoms with van der Waals surface area (Å²) in [6.07, 6.45) is 2.95. The predicted octanol–water partition coefficient (Wildman–Crippen LogP) is 5.54. The van der Waals surface area contributed by atoms with Crippen LogP contribution in [0.15, 0.2) is 101 Å². The van der Waals surface area contributed by atoms with Crippen LogP contribution < -0.4 is 20.9 Å². The molecule has 0 spiro atoms. The van der Waals surface area contributed by atoms with Crippen LogP contribution in [0.3, 0.4) is 0 Å². The first-order valence-corrected chi connectivity index (χ1v) is 12.1. The molecule has 5 aromatic rings. The number of furan rings is 1. The Labute approximate surface area is 226 Å². The fourth-order valence-electron chi connectivity index (χ4n) is 3.63.